The fourth-order valence-corrected chi connectivity index (χ4v) is 3.62. The predicted octanol–water partition coefficient (Wildman–Crippen LogP) is 1.76. The monoisotopic (exact) mass is 354 g/mol. The van der Waals surface area contributed by atoms with Crippen LogP contribution < -0.4 is 10.0 Å². The zero-order valence-electron chi connectivity index (χ0n) is 9.92. The second-order valence-corrected chi connectivity index (χ2v) is 6.88. The first-order chi connectivity index (χ1) is 8.90. The summed E-state index contributed by atoms with van der Waals surface area (Å²) in [6.45, 7) is 1.40. The highest BCUT2D eigenvalue weighted by molar-refractivity contribution is 9.10. The molecule has 0 bridgehead atoms. The van der Waals surface area contributed by atoms with Crippen LogP contribution in [-0.4, -0.2) is 27.5 Å². The number of nitrogens with one attached hydrogen (secondary N) is 2. The third kappa shape index (κ3) is 3.50. The van der Waals surface area contributed by atoms with Crippen LogP contribution in [0.2, 0.25) is 0 Å². The number of benzene rings is 1. The molecule has 1 saturated heterocycles. The average Bonchev–Trinajstić information content (AvgIpc) is 2.34. The Bertz CT molecular complexity index is 574. The molecule has 0 spiro atoms. The molecule has 0 radical (unpaired) electrons. The summed E-state index contributed by atoms with van der Waals surface area (Å²) in [6.07, 6.45) is 1.25. The largest absolute Gasteiger partial charge is 0.317 e. The second kappa shape index (κ2) is 5.82. The molecule has 0 amide bonds. The van der Waals surface area contributed by atoms with Gasteiger partial charge >= 0.3 is 0 Å². The molecule has 1 fully saturated rings. The van der Waals surface area contributed by atoms with E-state index in [0.29, 0.717) is 32.0 Å². The van der Waals surface area contributed by atoms with Crippen LogP contribution in [0.1, 0.15) is 12.8 Å². The number of hydrogen-bond donors (Lipinski definition) is 2. The Morgan fingerprint density at radius 2 is 1.84 bits per heavy atom. The van der Waals surface area contributed by atoms with E-state index in [0.717, 1.165) is 6.07 Å². The number of piperidine rings is 1. The minimum Gasteiger partial charge on any atom is -0.317 e. The maximum Gasteiger partial charge on any atom is 0.243 e. The van der Waals surface area contributed by atoms with E-state index in [1.165, 1.54) is 0 Å². The van der Waals surface area contributed by atoms with Crippen LogP contribution in [0.5, 0.6) is 0 Å². The van der Waals surface area contributed by atoms with Gasteiger partial charge < -0.3 is 5.32 Å². The van der Waals surface area contributed by atoms with Gasteiger partial charge in [-0.1, -0.05) is 0 Å². The van der Waals surface area contributed by atoms with Crippen LogP contribution in [0.25, 0.3) is 0 Å². The first-order valence-electron chi connectivity index (χ1n) is 5.78. The lowest BCUT2D eigenvalue weighted by Gasteiger charge is -2.23. The lowest BCUT2D eigenvalue weighted by atomic mass is 10.1. The highest BCUT2D eigenvalue weighted by atomic mass is 79.9. The van der Waals surface area contributed by atoms with E-state index in [9.17, 15) is 17.2 Å². The summed E-state index contributed by atoms with van der Waals surface area (Å²) in [7, 11) is -4.04. The smallest absolute Gasteiger partial charge is 0.243 e. The minimum absolute atomic E-state index is 0.106. The van der Waals surface area contributed by atoms with Gasteiger partial charge in [-0.3, -0.25) is 0 Å². The minimum atomic E-state index is -4.04. The molecule has 4 nitrogen and oxygen atoms in total. The molecule has 0 unspecified atom stereocenters. The first-order valence-corrected chi connectivity index (χ1v) is 8.05. The Balaban J connectivity index is 2.26. The molecule has 0 saturated carbocycles. The van der Waals surface area contributed by atoms with Crippen molar-refractivity contribution in [3.63, 3.8) is 0 Å². The Labute approximate surface area is 118 Å². The highest BCUT2D eigenvalue weighted by Gasteiger charge is 2.25. The number of rotatable bonds is 3. The maximum atomic E-state index is 13.7. The van der Waals surface area contributed by atoms with Crippen LogP contribution in [0, 0.1) is 11.6 Å². The van der Waals surface area contributed by atoms with Crippen LogP contribution in [-0.2, 0) is 10.0 Å². The molecule has 2 rings (SSSR count). The van der Waals surface area contributed by atoms with Gasteiger partial charge in [0, 0.05) is 6.04 Å². The summed E-state index contributed by atoms with van der Waals surface area (Å²) in [4.78, 5) is -0.660. The summed E-state index contributed by atoms with van der Waals surface area (Å²) in [5.41, 5.74) is 0. The predicted molar refractivity (Wildman–Crippen MR) is 70.3 cm³/mol. The van der Waals surface area contributed by atoms with Gasteiger partial charge in [-0.2, -0.15) is 0 Å². The van der Waals surface area contributed by atoms with E-state index < -0.39 is 26.6 Å². The van der Waals surface area contributed by atoms with Crippen molar-refractivity contribution in [2.24, 2.45) is 0 Å². The van der Waals surface area contributed by atoms with Gasteiger partial charge in [-0.05, 0) is 54.0 Å². The van der Waals surface area contributed by atoms with E-state index in [-0.39, 0.29) is 10.5 Å². The average molecular weight is 355 g/mol. The first kappa shape index (κ1) is 14.8. The quantitative estimate of drug-likeness (QED) is 0.813. The molecular formula is C11H13BrF2N2O2S. The van der Waals surface area contributed by atoms with Crippen molar-refractivity contribution in [1.29, 1.82) is 0 Å². The summed E-state index contributed by atoms with van der Waals surface area (Å²) in [6, 6.07) is 1.24. The van der Waals surface area contributed by atoms with Crippen LogP contribution in [0.4, 0.5) is 8.78 Å². The third-order valence-corrected chi connectivity index (χ3v) is 5.07. The summed E-state index contributed by atoms with van der Waals surface area (Å²) in [5, 5.41) is 3.09. The molecule has 0 atom stereocenters. The highest BCUT2D eigenvalue weighted by Crippen LogP contribution is 2.23. The molecule has 0 aliphatic carbocycles. The van der Waals surface area contributed by atoms with Gasteiger partial charge in [0.2, 0.25) is 10.0 Å². The molecule has 1 aromatic carbocycles. The van der Waals surface area contributed by atoms with Crippen molar-refractivity contribution in [3.8, 4) is 0 Å². The van der Waals surface area contributed by atoms with E-state index in [1.54, 1.807) is 0 Å². The Morgan fingerprint density at radius 3 is 2.47 bits per heavy atom. The molecule has 2 N–H and O–H groups in total. The van der Waals surface area contributed by atoms with E-state index in [2.05, 4.69) is 26.0 Å². The fraction of sp³-hybridized carbons (Fsp3) is 0.455. The molecule has 8 heteroatoms. The summed E-state index contributed by atoms with van der Waals surface area (Å²) < 4.78 is 53.4. The van der Waals surface area contributed by atoms with Gasteiger partial charge in [0.15, 0.2) is 0 Å². The Hall–Kier alpha value is -0.570. The fourth-order valence-electron chi connectivity index (χ4n) is 1.93. The molecule has 106 valence electrons. The molecule has 1 aliphatic heterocycles. The van der Waals surface area contributed by atoms with Crippen molar-refractivity contribution >= 4 is 26.0 Å². The molecule has 1 aromatic rings. The summed E-state index contributed by atoms with van der Waals surface area (Å²) in [5.74, 6) is -1.79. The number of halogens is 3. The normalized spacial score (nSPS) is 17.6. The molecule has 19 heavy (non-hydrogen) atoms. The molecule has 0 aromatic heterocycles. The van der Waals surface area contributed by atoms with Gasteiger partial charge in [-0.25, -0.2) is 21.9 Å². The van der Waals surface area contributed by atoms with E-state index >= 15 is 0 Å². The van der Waals surface area contributed by atoms with Crippen molar-refractivity contribution in [2.45, 2.75) is 23.8 Å². The van der Waals surface area contributed by atoms with E-state index in [4.69, 9.17) is 0 Å². The number of sulfonamides is 1. The van der Waals surface area contributed by atoms with Crippen LogP contribution in [0.15, 0.2) is 21.5 Å². The molecular weight excluding hydrogens is 342 g/mol. The standard InChI is InChI=1S/C11H13BrF2N2O2S/c12-8-5-10(14)11(6-9(8)13)19(17,18)16-7-1-3-15-4-2-7/h5-7,15-16H,1-4H2. The van der Waals surface area contributed by atoms with Crippen LogP contribution in [0.3, 0.4) is 0 Å². The van der Waals surface area contributed by atoms with E-state index in [1.807, 2.05) is 0 Å². The van der Waals surface area contributed by atoms with Crippen molar-refractivity contribution in [3.05, 3.63) is 28.2 Å². The van der Waals surface area contributed by atoms with Gasteiger partial charge in [0.25, 0.3) is 0 Å². The van der Waals surface area contributed by atoms with Gasteiger partial charge in [0.1, 0.15) is 16.5 Å². The van der Waals surface area contributed by atoms with Crippen molar-refractivity contribution < 1.29 is 17.2 Å². The van der Waals surface area contributed by atoms with Crippen molar-refractivity contribution in [2.75, 3.05) is 13.1 Å². The zero-order chi connectivity index (χ0) is 14.0. The Kier molecular flexibility index (Phi) is 4.54. The maximum absolute atomic E-state index is 13.7. The lowest BCUT2D eigenvalue weighted by Crippen LogP contribution is -2.42. The Morgan fingerprint density at radius 1 is 1.21 bits per heavy atom. The lowest BCUT2D eigenvalue weighted by molar-refractivity contribution is 0.425. The molecule has 1 aliphatic rings. The third-order valence-electron chi connectivity index (χ3n) is 2.93. The second-order valence-electron chi connectivity index (χ2n) is 4.34. The van der Waals surface area contributed by atoms with Gasteiger partial charge in [-0.15, -0.1) is 0 Å². The molecule has 1 heterocycles. The summed E-state index contributed by atoms with van der Waals surface area (Å²) >= 11 is 2.81. The topological polar surface area (TPSA) is 58.2 Å². The van der Waals surface area contributed by atoms with Crippen LogP contribution >= 0.6 is 15.9 Å². The van der Waals surface area contributed by atoms with Gasteiger partial charge in [0.05, 0.1) is 4.47 Å². The zero-order valence-corrected chi connectivity index (χ0v) is 12.3. The van der Waals surface area contributed by atoms with Crippen molar-refractivity contribution in [1.82, 2.24) is 10.0 Å². The number of hydrogen-bond acceptors (Lipinski definition) is 3. The SMILES string of the molecule is O=S(=O)(NC1CCNCC1)c1cc(F)c(Br)cc1F.